The number of alkyl halides is 3. The van der Waals surface area contributed by atoms with Crippen LogP contribution < -0.4 is 4.70 Å². The smallest absolute Gasteiger partial charge is 0.448 e. The minimum absolute atomic E-state index is 0. The van der Waals surface area contributed by atoms with E-state index in [9.17, 15) is 26.3 Å². The highest BCUT2D eigenvalue weighted by Crippen LogP contribution is 2.29. The number of rotatable bonds is 0. The molecule has 0 rings (SSSR count). The van der Waals surface area contributed by atoms with Crippen molar-refractivity contribution < 1.29 is 31.0 Å². The molecular formula is C3F7-. The van der Waals surface area contributed by atoms with Gasteiger partial charge in [0.15, 0.2) is 0 Å². The standard InChI is InChI=1S/C3F6.FH/c4-1(2(5)6)3(7,8)9;/h;1H/p-1. The molecule has 0 bridgehead atoms. The molecule has 0 spiro atoms. The van der Waals surface area contributed by atoms with Gasteiger partial charge in [-0.2, -0.15) is 26.3 Å². The summed E-state index contributed by atoms with van der Waals surface area (Å²) in [5, 5.41) is 0. The highest BCUT2D eigenvalue weighted by Gasteiger charge is 2.38. The van der Waals surface area contributed by atoms with Crippen LogP contribution in [-0.4, -0.2) is 6.18 Å². The van der Waals surface area contributed by atoms with E-state index in [1.54, 1.807) is 0 Å². The van der Waals surface area contributed by atoms with Gasteiger partial charge in [-0.3, -0.25) is 0 Å². The summed E-state index contributed by atoms with van der Waals surface area (Å²) in [5.74, 6) is -3.33. The molecule has 0 atom stereocenters. The van der Waals surface area contributed by atoms with Gasteiger partial charge >= 0.3 is 12.3 Å². The first-order valence-corrected chi connectivity index (χ1v) is 1.63. The van der Waals surface area contributed by atoms with Crippen LogP contribution in [0.4, 0.5) is 26.3 Å². The van der Waals surface area contributed by atoms with Gasteiger partial charge in [0.05, 0.1) is 0 Å². The van der Waals surface area contributed by atoms with E-state index >= 15 is 0 Å². The van der Waals surface area contributed by atoms with Crippen molar-refractivity contribution >= 4 is 0 Å². The van der Waals surface area contributed by atoms with Gasteiger partial charge in [0.2, 0.25) is 0 Å². The van der Waals surface area contributed by atoms with Gasteiger partial charge < -0.3 is 4.70 Å². The van der Waals surface area contributed by atoms with Gasteiger partial charge in [0.1, 0.15) is 0 Å². The van der Waals surface area contributed by atoms with Gasteiger partial charge in [-0.05, 0) is 0 Å². The Labute approximate surface area is 50.5 Å². The maximum absolute atomic E-state index is 11.0. The van der Waals surface area contributed by atoms with Crippen molar-refractivity contribution in [3.63, 3.8) is 0 Å². The molecule has 0 nitrogen and oxygen atoms in total. The highest BCUT2D eigenvalue weighted by molar-refractivity contribution is 4.98. The van der Waals surface area contributed by atoms with Crippen molar-refractivity contribution in [2.75, 3.05) is 0 Å². The van der Waals surface area contributed by atoms with Crippen molar-refractivity contribution in [1.82, 2.24) is 0 Å². The van der Waals surface area contributed by atoms with Crippen LogP contribution in [0, 0.1) is 0 Å². The average molecular weight is 169 g/mol. The van der Waals surface area contributed by atoms with E-state index in [-0.39, 0.29) is 4.70 Å². The Morgan fingerprint density at radius 3 is 1.20 bits per heavy atom. The Bertz CT molecular complexity index is 126. The van der Waals surface area contributed by atoms with E-state index < -0.39 is 18.1 Å². The molecule has 0 fully saturated rings. The molecule has 0 heterocycles. The molecule has 10 heavy (non-hydrogen) atoms. The summed E-state index contributed by atoms with van der Waals surface area (Å²) in [6, 6.07) is 0. The van der Waals surface area contributed by atoms with Crippen LogP contribution in [0.1, 0.15) is 0 Å². The van der Waals surface area contributed by atoms with Crippen molar-refractivity contribution in [3.05, 3.63) is 11.9 Å². The predicted octanol–water partition coefficient (Wildman–Crippen LogP) is -0.370. The highest BCUT2D eigenvalue weighted by atomic mass is 19.4. The molecule has 0 saturated heterocycles. The van der Waals surface area contributed by atoms with Crippen LogP contribution in [0.3, 0.4) is 0 Å². The summed E-state index contributed by atoms with van der Waals surface area (Å²) in [4.78, 5) is 0. The molecule has 0 aliphatic carbocycles. The molecule has 0 saturated carbocycles. The Balaban J connectivity index is 0. The lowest BCUT2D eigenvalue weighted by Crippen LogP contribution is -3.00. The Kier molecular flexibility index (Phi) is 4.10. The molecule has 0 aromatic rings. The van der Waals surface area contributed by atoms with Gasteiger partial charge in [-0.15, -0.1) is 0 Å². The molecule has 0 radical (unpaired) electrons. The summed E-state index contributed by atoms with van der Waals surface area (Å²) in [5.41, 5.74) is 0. The Morgan fingerprint density at radius 2 is 1.20 bits per heavy atom. The second-order valence-corrected chi connectivity index (χ2v) is 1.07. The maximum Gasteiger partial charge on any atom is 0.448 e. The molecule has 0 aromatic heterocycles. The third-order valence-electron chi connectivity index (χ3n) is 0.415. The minimum Gasteiger partial charge on any atom is -1.00 e. The Hall–Kier alpha value is -0.750. The molecule has 0 amide bonds. The van der Waals surface area contributed by atoms with Crippen LogP contribution in [0.25, 0.3) is 0 Å². The van der Waals surface area contributed by atoms with E-state index in [2.05, 4.69) is 0 Å². The van der Waals surface area contributed by atoms with Crippen molar-refractivity contribution in [2.24, 2.45) is 0 Å². The number of hydrogen-bond donors (Lipinski definition) is 0. The summed E-state index contributed by atoms with van der Waals surface area (Å²) < 4.78 is 64.8. The third kappa shape index (κ3) is 3.31. The van der Waals surface area contributed by atoms with Gasteiger partial charge in [0.25, 0.3) is 5.83 Å². The zero-order chi connectivity index (χ0) is 7.65. The summed E-state index contributed by atoms with van der Waals surface area (Å²) in [6.45, 7) is 0. The number of allylic oxidation sites excluding steroid dienone is 1. The fourth-order valence-electron chi connectivity index (χ4n) is 0.107. The van der Waals surface area contributed by atoms with Crippen LogP contribution >= 0.6 is 0 Å². The number of halogens is 7. The molecule has 62 valence electrons. The molecule has 0 aromatic carbocycles. The summed E-state index contributed by atoms with van der Waals surface area (Å²) >= 11 is 0. The first-order valence-electron chi connectivity index (χ1n) is 1.63. The van der Waals surface area contributed by atoms with E-state index in [4.69, 9.17) is 0 Å². The van der Waals surface area contributed by atoms with Gasteiger partial charge in [-0.25, -0.2) is 0 Å². The molecule has 7 heteroatoms. The maximum atomic E-state index is 11.0. The first-order chi connectivity index (χ1) is 3.85. The van der Waals surface area contributed by atoms with Crippen LogP contribution in [0.2, 0.25) is 0 Å². The van der Waals surface area contributed by atoms with Gasteiger partial charge in [-0.1, -0.05) is 0 Å². The third-order valence-corrected chi connectivity index (χ3v) is 0.415. The fraction of sp³-hybridized carbons (Fsp3) is 0.333. The van der Waals surface area contributed by atoms with E-state index in [0.29, 0.717) is 0 Å². The quantitative estimate of drug-likeness (QED) is 0.434. The van der Waals surface area contributed by atoms with E-state index in [1.165, 1.54) is 0 Å². The van der Waals surface area contributed by atoms with E-state index in [1.807, 2.05) is 0 Å². The second kappa shape index (κ2) is 3.43. The number of hydrogen-bond acceptors (Lipinski definition) is 0. The molecule has 0 aliphatic heterocycles. The average Bonchev–Trinajstić information content (AvgIpc) is 1.62. The molecule has 0 N–H and O–H groups in total. The topological polar surface area (TPSA) is 0 Å². The molecule has 0 unspecified atom stereocenters. The van der Waals surface area contributed by atoms with Gasteiger partial charge in [0, 0.05) is 0 Å². The first kappa shape index (κ1) is 12.0. The normalized spacial score (nSPS) is 10.2. The largest absolute Gasteiger partial charge is 1.00 e. The fourth-order valence-corrected chi connectivity index (χ4v) is 0.107. The van der Waals surface area contributed by atoms with Crippen molar-refractivity contribution in [3.8, 4) is 0 Å². The predicted molar refractivity (Wildman–Crippen MR) is 16.4 cm³/mol. The van der Waals surface area contributed by atoms with Crippen LogP contribution in [0.15, 0.2) is 11.9 Å². The van der Waals surface area contributed by atoms with E-state index in [0.717, 1.165) is 0 Å². The van der Waals surface area contributed by atoms with Crippen molar-refractivity contribution in [2.45, 2.75) is 6.18 Å². The lowest BCUT2D eigenvalue weighted by Gasteiger charge is -1.98. The van der Waals surface area contributed by atoms with Crippen molar-refractivity contribution in [1.29, 1.82) is 0 Å². The lowest BCUT2D eigenvalue weighted by molar-refractivity contribution is -0.113. The molecule has 0 aliphatic rings. The second-order valence-electron chi connectivity index (χ2n) is 1.07. The SMILES string of the molecule is FC(F)=C(F)C(F)(F)F.[F-]. The monoisotopic (exact) mass is 169 g/mol. The zero-order valence-corrected chi connectivity index (χ0v) is 4.15. The summed E-state index contributed by atoms with van der Waals surface area (Å²) in [7, 11) is 0. The minimum atomic E-state index is -5.56. The Morgan fingerprint density at radius 1 is 0.900 bits per heavy atom. The molecular weight excluding hydrogens is 169 g/mol. The zero-order valence-electron chi connectivity index (χ0n) is 4.15. The summed E-state index contributed by atoms with van der Waals surface area (Å²) in [6.07, 6.45) is -8.90. The van der Waals surface area contributed by atoms with Crippen LogP contribution in [-0.2, 0) is 0 Å². The van der Waals surface area contributed by atoms with Crippen LogP contribution in [0.5, 0.6) is 0 Å². The lowest BCUT2D eigenvalue weighted by atomic mass is 10.6.